The van der Waals surface area contributed by atoms with Crippen LogP contribution in [0.4, 0.5) is 10.7 Å². The molecule has 1 saturated carbocycles. The molecule has 8 heteroatoms. The largest absolute Gasteiger partial charge is 0.360 e. The lowest BCUT2D eigenvalue weighted by Crippen LogP contribution is -2.52. The van der Waals surface area contributed by atoms with Gasteiger partial charge in [0.15, 0.2) is 5.96 Å². The molecule has 2 aromatic rings. The van der Waals surface area contributed by atoms with Gasteiger partial charge in [0.05, 0.1) is 11.5 Å². The quantitative estimate of drug-likeness (QED) is 0.317. The molecule has 0 spiro atoms. The van der Waals surface area contributed by atoms with Gasteiger partial charge in [0, 0.05) is 44.3 Å². The van der Waals surface area contributed by atoms with Crippen LogP contribution in [0.1, 0.15) is 31.7 Å². The maximum absolute atomic E-state index is 12.2. The molecule has 2 fully saturated rings. The zero-order valence-electron chi connectivity index (χ0n) is 18.0. The van der Waals surface area contributed by atoms with Crippen molar-refractivity contribution in [2.24, 2.45) is 10.9 Å². The molecular weight excluding hydrogens is 521 g/mol. The Labute approximate surface area is 206 Å². The summed E-state index contributed by atoms with van der Waals surface area (Å²) in [6, 6.07) is 12.4. The van der Waals surface area contributed by atoms with Crippen LogP contribution in [0, 0.1) is 5.92 Å². The number of nitrogens with one attached hydrogen (secondary N) is 2. The minimum atomic E-state index is 0. The first kappa shape index (κ1) is 23.8. The Balaban J connectivity index is 0.00000272. The highest BCUT2D eigenvalue weighted by Crippen LogP contribution is 2.27. The van der Waals surface area contributed by atoms with Gasteiger partial charge in [0.1, 0.15) is 0 Å². The van der Waals surface area contributed by atoms with E-state index >= 15 is 0 Å². The molecule has 0 atom stereocenters. The SMILES string of the molecule is CCNC(=NCc1cccc(NC(=O)C2CCC2)c1)N1CCN(c2cccs2)CC1.I. The first-order valence-corrected chi connectivity index (χ1v) is 11.8. The van der Waals surface area contributed by atoms with Crippen LogP contribution >= 0.6 is 35.3 Å². The van der Waals surface area contributed by atoms with E-state index in [1.165, 1.54) is 11.4 Å². The van der Waals surface area contributed by atoms with Crippen molar-refractivity contribution >= 4 is 57.9 Å². The number of anilines is 2. The summed E-state index contributed by atoms with van der Waals surface area (Å²) in [5.74, 6) is 1.31. The molecule has 0 bridgehead atoms. The summed E-state index contributed by atoms with van der Waals surface area (Å²) in [6.45, 7) is 7.49. The first-order valence-electron chi connectivity index (χ1n) is 10.9. The van der Waals surface area contributed by atoms with Gasteiger partial charge in [-0.1, -0.05) is 18.6 Å². The maximum atomic E-state index is 12.2. The summed E-state index contributed by atoms with van der Waals surface area (Å²) in [5, 5.41) is 9.98. The van der Waals surface area contributed by atoms with E-state index in [4.69, 9.17) is 4.99 Å². The normalized spacial score (nSPS) is 17.0. The Bertz CT molecular complexity index is 861. The summed E-state index contributed by atoms with van der Waals surface area (Å²) in [7, 11) is 0. The molecular formula is C23H32IN5OS. The highest BCUT2D eigenvalue weighted by Gasteiger charge is 2.25. The molecule has 168 valence electrons. The van der Waals surface area contributed by atoms with Gasteiger partial charge in [0.2, 0.25) is 5.91 Å². The predicted octanol–water partition coefficient (Wildman–Crippen LogP) is 4.39. The van der Waals surface area contributed by atoms with Crippen LogP contribution in [0.15, 0.2) is 46.8 Å². The van der Waals surface area contributed by atoms with E-state index in [-0.39, 0.29) is 35.8 Å². The summed E-state index contributed by atoms with van der Waals surface area (Å²) >= 11 is 1.80. The molecule has 2 heterocycles. The van der Waals surface area contributed by atoms with Crippen molar-refractivity contribution in [3.8, 4) is 0 Å². The van der Waals surface area contributed by atoms with E-state index in [1.807, 2.05) is 18.2 Å². The van der Waals surface area contributed by atoms with E-state index < -0.39 is 0 Å². The minimum absolute atomic E-state index is 0. The zero-order chi connectivity index (χ0) is 20.8. The van der Waals surface area contributed by atoms with E-state index in [0.717, 1.165) is 62.8 Å². The number of rotatable bonds is 6. The molecule has 1 amide bonds. The van der Waals surface area contributed by atoms with E-state index in [0.29, 0.717) is 6.54 Å². The number of piperazine rings is 1. The lowest BCUT2D eigenvalue weighted by atomic mass is 9.85. The lowest BCUT2D eigenvalue weighted by Gasteiger charge is -2.37. The number of hydrogen-bond donors (Lipinski definition) is 2. The van der Waals surface area contributed by atoms with Gasteiger partial charge >= 0.3 is 0 Å². The second-order valence-electron chi connectivity index (χ2n) is 7.91. The third-order valence-electron chi connectivity index (χ3n) is 5.81. The highest BCUT2D eigenvalue weighted by molar-refractivity contribution is 14.0. The van der Waals surface area contributed by atoms with Crippen LogP contribution in [-0.2, 0) is 11.3 Å². The van der Waals surface area contributed by atoms with Gasteiger partial charge in [-0.15, -0.1) is 35.3 Å². The Hall–Kier alpha value is -1.81. The Morgan fingerprint density at radius 3 is 2.61 bits per heavy atom. The molecule has 2 N–H and O–H groups in total. The lowest BCUT2D eigenvalue weighted by molar-refractivity contribution is -0.122. The molecule has 2 aliphatic rings. The second kappa shape index (κ2) is 11.7. The van der Waals surface area contributed by atoms with Gasteiger partial charge in [-0.05, 0) is 55.0 Å². The first-order chi connectivity index (χ1) is 14.7. The highest BCUT2D eigenvalue weighted by atomic mass is 127. The van der Waals surface area contributed by atoms with Crippen LogP contribution in [0.2, 0.25) is 0 Å². The van der Waals surface area contributed by atoms with Crippen LogP contribution in [0.25, 0.3) is 0 Å². The molecule has 6 nitrogen and oxygen atoms in total. The van der Waals surface area contributed by atoms with E-state index in [9.17, 15) is 4.79 Å². The van der Waals surface area contributed by atoms with Crippen LogP contribution in [-0.4, -0.2) is 49.5 Å². The van der Waals surface area contributed by atoms with Crippen molar-refractivity contribution in [2.75, 3.05) is 42.9 Å². The van der Waals surface area contributed by atoms with Crippen LogP contribution < -0.4 is 15.5 Å². The molecule has 1 saturated heterocycles. The third kappa shape index (κ3) is 6.35. The molecule has 4 rings (SSSR count). The van der Waals surface area contributed by atoms with Crippen molar-refractivity contribution in [1.29, 1.82) is 0 Å². The standard InChI is InChI=1S/C23H31N5OS.HI/c1-2-24-23(28-13-11-27(12-14-28)21-10-5-15-30-21)25-17-18-6-3-9-20(16-18)26-22(29)19-7-4-8-19;/h3,5-6,9-10,15-16,19H,2,4,7-8,11-14,17H2,1H3,(H,24,25)(H,26,29);1H. The predicted molar refractivity (Wildman–Crippen MR) is 141 cm³/mol. The fourth-order valence-corrected chi connectivity index (χ4v) is 4.63. The molecule has 0 unspecified atom stereocenters. The van der Waals surface area contributed by atoms with E-state index in [2.05, 4.69) is 50.9 Å². The molecule has 0 radical (unpaired) electrons. The second-order valence-corrected chi connectivity index (χ2v) is 8.84. The van der Waals surface area contributed by atoms with Gasteiger partial charge < -0.3 is 20.4 Å². The molecule has 1 aromatic carbocycles. The minimum Gasteiger partial charge on any atom is -0.360 e. The summed E-state index contributed by atoms with van der Waals surface area (Å²) in [4.78, 5) is 21.9. The van der Waals surface area contributed by atoms with Gasteiger partial charge in [-0.3, -0.25) is 4.79 Å². The van der Waals surface area contributed by atoms with Crippen molar-refractivity contribution in [3.63, 3.8) is 0 Å². The van der Waals surface area contributed by atoms with Gasteiger partial charge in [-0.25, -0.2) is 4.99 Å². The number of carbonyl (C=O) groups excluding carboxylic acids is 1. The number of amides is 1. The Morgan fingerprint density at radius 1 is 1.16 bits per heavy atom. The fraction of sp³-hybridized carbons (Fsp3) is 0.478. The number of benzene rings is 1. The number of hydrogen-bond acceptors (Lipinski definition) is 4. The molecule has 1 aliphatic carbocycles. The van der Waals surface area contributed by atoms with Gasteiger partial charge in [0.25, 0.3) is 0 Å². The zero-order valence-corrected chi connectivity index (χ0v) is 21.2. The third-order valence-corrected chi connectivity index (χ3v) is 6.74. The molecule has 1 aromatic heterocycles. The van der Waals surface area contributed by atoms with Crippen LogP contribution in [0.3, 0.4) is 0 Å². The Morgan fingerprint density at radius 2 is 1.97 bits per heavy atom. The maximum Gasteiger partial charge on any atom is 0.227 e. The summed E-state index contributed by atoms with van der Waals surface area (Å²) < 4.78 is 0. The van der Waals surface area contributed by atoms with Gasteiger partial charge in [-0.2, -0.15) is 0 Å². The number of guanidine groups is 1. The molecule has 31 heavy (non-hydrogen) atoms. The number of nitrogens with zero attached hydrogens (tertiary/aromatic N) is 3. The summed E-state index contributed by atoms with van der Waals surface area (Å²) in [6.07, 6.45) is 3.20. The Kier molecular flexibility index (Phi) is 9.01. The van der Waals surface area contributed by atoms with Crippen molar-refractivity contribution in [3.05, 3.63) is 47.3 Å². The monoisotopic (exact) mass is 553 g/mol. The fourth-order valence-electron chi connectivity index (χ4n) is 3.84. The average Bonchev–Trinajstić information content (AvgIpc) is 3.25. The number of thiophene rings is 1. The van der Waals surface area contributed by atoms with Crippen molar-refractivity contribution in [1.82, 2.24) is 10.2 Å². The van der Waals surface area contributed by atoms with Crippen molar-refractivity contribution < 1.29 is 4.79 Å². The number of aliphatic imine (C=N–C) groups is 1. The van der Waals surface area contributed by atoms with E-state index in [1.54, 1.807) is 11.3 Å². The van der Waals surface area contributed by atoms with Crippen molar-refractivity contribution in [2.45, 2.75) is 32.7 Å². The molecule has 1 aliphatic heterocycles. The average molecular weight is 554 g/mol. The summed E-state index contributed by atoms with van der Waals surface area (Å²) in [5.41, 5.74) is 1.98. The topological polar surface area (TPSA) is 60.0 Å². The van der Waals surface area contributed by atoms with Crippen LogP contribution in [0.5, 0.6) is 0 Å². The number of carbonyl (C=O) groups is 1. The smallest absolute Gasteiger partial charge is 0.227 e. The number of halogens is 1.